The maximum atomic E-state index is 5.53. The van der Waals surface area contributed by atoms with Gasteiger partial charge in [-0.2, -0.15) is 0 Å². The Hall–Kier alpha value is -2.44. The van der Waals surface area contributed by atoms with Gasteiger partial charge < -0.3 is 14.4 Å². The lowest BCUT2D eigenvalue weighted by Crippen LogP contribution is -2.46. The van der Waals surface area contributed by atoms with Gasteiger partial charge in [-0.05, 0) is 0 Å². The molecule has 0 spiro atoms. The molecule has 1 aliphatic heterocycles. The summed E-state index contributed by atoms with van der Waals surface area (Å²) in [6.07, 6.45) is 3.84. The van der Waals surface area contributed by atoms with Crippen LogP contribution >= 0.6 is 0 Å². The molecule has 0 aliphatic carbocycles. The van der Waals surface area contributed by atoms with E-state index in [1.54, 1.807) is 0 Å². The zero-order valence-electron chi connectivity index (χ0n) is 13.7. The van der Waals surface area contributed by atoms with Crippen molar-refractivity contribution in [3.05, 3.63) is 60.3 Å². The van der Waals surface area contributed by atoms with E-state index in [1.165, 1.54) is 0 Å². The van der Waals surface area contributed by atoms with E-state index in [1.807, 2.05) is 55.8 Å². The van der Waals surface area contributed by atoms with Gasteiger partial charge in [-0.15, -0.1) is 0 Å². The third-order valence-electron chi connectivity index (χ3n) is 4.49. The van der Waals surface area contributed by atoms with Crippen molar-refractivity contribution in [2.75, 3.05) is 19.6 Å². The van der Waals surface area contributed by atoms with Crippen LogP contribution in [0.5, 0.6) is 0 Å². The summed E-state index contributed by atoms with van der Waals surface area (Å²) in [5.74, 6) is 1.89. The second kappa shape index (κ2) is 6.59. The van der Waals surface area contributed by atoms with Crippen molar-refractivity contribution in [1.29, 1.82) is 0 Å². The van der Waals surface area contributed by atoms with E-state index in [-0.39, 0.29) is 6.04 Å². The van der Waals surface area contributed by atoms with Gasteiger partial charge in [0.05, 0.1) is 11.7 Å². The molecule has 2 aromatic heterocycles. The molecule has 24 heavy (non-hydrogen) atoms. The summed E-state index contributed by atoms with van der Waals surface area (Å²) in [4.78, 5) is 6.93. The number of nitrogens with zero attached hydrogens (tertiary/aromatic N) is 4. The maximum Gasteiger partial charge on any atom is 0.167 e. The summed E-state index contributed by atoms with van der Waals surface area (Å²) in [6, 6.07) is 12.4. The summed E-state index contributed by atoms with van der Waals surface area (Å²) in [6.45, 7) is 3.60. The Morgan fingerprint density at radius 1 is 1.29 bits per heavy atom. The minimum Gasteiger partial charge on any atom is -0.356 e. The molecule has 0 bridgehead atoms. The van der Waals surface area contributed by atoms with Crippen LogP contribution in [0.25, 0.3) is 11.3 Å². The fourth-order valence-corrected chi connectivity index (χ4v) is 3.22. The highest BCUT2D eigenvalue weighted by Crippen LogP contribution is 2.25. The van der Waals surface area contributed by atoms with Gasteiger partial charge in [-0.1, -0.05) is 35.5 Å². The lowest BCUT2D eigenvalue weighted by atomic mass is 10.1. The summed E-state index contributed by atoms with van der Waals surface area (Å²) >= 11 is 0. The normalized spacial score (nSPS) is 18.8. The second-order valence-corrected chi connectivity index (χ2v) is 6.14. The van der Waals surface area contributed by atoms with Gasteiger partial charge in [0, 0.05) is 57.3 Å². The van der Waals surface area contributed by atoms with Crippen molar-refractivity contribution in [2.24, 2.45) is 7.05 Å². The second-order valence-electron chi connectivity index (χ2n) is 6.14. The molecule has 3 aromatic rings. The fourth-order valence-electron chi connectivity index (χ4n) is 3.22. The quantitative estimate of drug-likeness (QED) is 0.798. The molecule has 1 atom stereocenters. The first-order valence-electron chi connectivity index (χ1n) is 8.24. The Labute approximate surface area is 141 Å². The number of nitrogens with one attached hydrogen (secondary N) is 1. The topological polar surface area (TPSA) is 59.1 Å². The third kappa shape index (κ3) is 2.98. The molecule has 1 aliphatic rings. The molecular formula is C18H21N5O. The van der Waals surface area contributed by atoms with Crippen molar-refractivity contribution >= 4 is 0 Å². The zero-order valence-corrected chi connectivity index (χ0v) is 13.7. The van der Waals surface area contributed by atoms with Gasteiger partial charge in [-0.3, -0.25) is 4.90 Å². The van der Waals surface area contributed by atoms with E-state index in [0.717, 1.165) is 49.0 Å². The van der Waals surface area contributed by atoms with Crippen LogP contribution in [0.15, 0.2) is 53.3 Å². The number of aromatic nitrogens is 3. The first-order valence-corrected chi connectivity index (χ1v) is 8.24. The van der Waals surface area contributed by atoms with Gasteiger partial charge in [0.25, 0.3) is 0 Å². The highest BCUT2D eigenvalue weighted by atomic mass is 16.5. The Kier molecular flexibility index (Phi) is 4.15. The number of hydrogen-bond acceptors (Lipinski definition) is 5. The Balaban J connectivity index is 1.53. The van der Waals surface area contributed by atoms with Crippen molar-refractivity contribution in [3.63, 3.8) is 0 Å². The number of aryl methyl sites for hydroxylation is 1. The molecule has 6 nitrogen and oxygen atoms in total. The van der Waals surface area contributed by atoms with E-state index in [0.29, 0.717) is 0 Å². The lowest BCUT2D eigenvalue weighted by molar-refractivity contribution is 0.141. The Bertz CT molecular complexity index is 795. The maximum absolute atomic E-state index is 5.53. The molecule has 0 amide bonds. The first-order chi connectivity index (χ1) is 11.8. The monoisotopic (exact) mass is 323 g/mol. The van der Waals surface area contributed by atoms with E-state index < -0.39 is 0 Å². The predicted molar refractivity (Wildman–Crippen MR) is 91.2 cm³/mol. The van der Waals surface area contributed by atoms with E-state index >= 15 is 0 Å². The van der Waals surface area contributed by atoms with Crippen molar-refractivity contribution in [2.45, 2.75) is 12.6 Å². The average molecular weight is 323 g/mol. The first kappa shape index (κ1) is 15.1. The highest BCUT2D eigenvalue weighted by Gasteiger charge is 2.27. The molecular weight excluding hydrogens is 302 g/mol. The number of rotatable bonds is 4. The lowest BCUT2D eigenvalue weighted by Gasteiger charge is -2.35. The molecule has 1 N–H and O–H groups in total. The van der Waals surface area contributed by atoms with Crippen LogP contribution in [0.4, 0.5) is 0 Å². The predicted octanol–water partition coefficient (Wildman–Crippen LogP) is 2.22. The van der Waals surface area contributed by atoms with Crippen LogP contribution in [-0.2, 0) is 13.6 Å². The average Bonchev–Trinajstić information content (AvgIpc) is 3.25. The minimum atomic E-state index is 0.246. The smallest absolute Gasteiger partial charge is 0.167 e. The van der Waals surface area contributed by atoms with Crippen LogP contribution in [-0.4, -0.2) is 39.2 Å². The molecule has 4 rings (SSSR count). The summed E-state index contributed by atoms with van der Waals surface area (Å²) in [7, 11) is 2.04. The number of hydrogen-bond donors (Lipinski definition) is 1. The van der Waals surface area contributed by atoms with Gasteiger partial charge in [0.2, 0.25) is 0 Å². The standard InChI is InChI=1S/C18H21N5O/c1-22-9-8-20-18(22)16-12-19-7-10-23(16)13-15-11-17(24-21-15)14-5-3-2-4-6-14/h2-6,8-9,11,16,19H,7,10,12-13H2,1H3. The summed E-state index contributed by atoms with van der Waals surface area (Å²) in [5.41, 5.74) is 2.01. The highest BCUT2D eigenvalue weighted by molar-refractivity contribution is 5.56. The van der Waals surface area contributed by atoms with Gasteiger partial charge in [-0.25, -0.2) is 4.98 Å². The number of imidazole rings is 1. The number of benzene rings is 1. The summed E-state index contributed by atoms with van der Waals surface area (Å²) in [5, 5.41) is 7.72. The molecule has 1 unspecified atom stereocenters. The van der Waals surface area contributed by atoms with Crippen molar-refractivity contribution < 1.29 is 4.52 Å². The molecule has 3 heterocycles. The van der Waals surface area contributed by atoms with Crippen molar-refractivity contribution in [1.82, 2.24) is 24.9 Å². The van der Waals surface area contributed by atoms with Crippen LogP contribution < -0.4 is 5.32 Å². The van der Waals surface area contributed by atoms with Gasteiger partial charge in [0.1, 0.15) is 5.82 Å². The van der Waals surface area contributed by atoms with E-state index in [9.17, 15) is 0 Å². The third-order valence-corrected chi connectivity index (χ3v) is 4.49. The molecule has 1 aromatic carbocycles. The SMILES string of the molecule is Cn1ccnc1C1CNCCN1Cc1cc(-c2ccccc2)on1. The van der Waals surface area contributed by atoms with Crippen LogP contribution in [0.3, 0.4) is 0 Å². The van der Waals surface area contributed by atoms with E-state index in [2.05, 4.69) is 24.9 Å². The van der Waals surface area contributed by atoms with Crippen LogP contribution in [0.1, 0.15) is 17.6 Å². The zero-order chi connectivity index (χ0) is 16.4. The van der Waals surface area contributed by atoms with Crippen LogP contribution in [0.2, 0.25) is 0 Å². The Morgan fingerprint density at radius 2 is 2.17 bits per heavy atom. The molecule has 124 valence electrons. The van der Waals surface area contributed by atoms with E-state index in [4.69, 9.17) is 4.52 Å². The van der Waals surface area contributed by atoms with Crippen molar-refractivity contribution in [3.8, 4) is 11.3 Å². The largest absolute Gasteiger partial charge is 0.356 e. The molecule has 0 saturated carbocycles. The molecule has 6 heteroatoms. The van der Waals surface area contributed by atoms with Gasteiger partial charge in [0.15, 0.2) is 5.76 Å². The van der Waals surface area contributed by atoms with Gasteiger partial charge >= 0.3 is 0 Å². The molecule has 0 radical (unpaired) electrons. The van der Waals surface area contributed by atoms with Crippen LogP contribution in [0, 0.1) is 0 Å². The summed E-state index contributed by atoms with van der Waals surface area (Å²) < 4.78 is 7.61. The Morgan fingerprint density at radius 3 is 2.96 bits per heavy atom. The molecule has 1 fully saturated rings. The minimum absolute atomic E-state index is 0.246. The fraction of sp³-hybridized carbons (Fsp3) is 0.333. The number of piperazine rings is 1. The molecule has 1 saturated heterocycles.